The van der Waals surface area contributed by atoms with E-state index in [0.717, 1.165) is 35.1 Å². The zero-order chi connectivity index (χ0) is 19.4. The van der Waals surface area contributed by atoms with Gasteiger partial charge in [-0.25, -0.2) is 10.6 Å². The van der Waals surface area contributed by atoms with Gasteiger partial charge in [0.15, 0.2) is 0 Å². The first kappa shape index (κ1) is 18.8. The lowest BCUT2D eigenvalue weighted by Gasteiger charge is -2.20. The van der Waals surface area contributed by atoms with Crippen molar-refractivity contribution in [3.8, 4) is 11.4 Å². The van der Waals surface area contributed by atoms with Crippen LogP contribution in [0.5, 0.6) is 0 Å². The van der Waals surface area contributed by atoms with Crippen molar-refractivity contribution in [2.45, 2.75) is 33.2 Å². The smallest absolute Gasteiger partial charge is 0.279 e. The number of anilines is 1. The van der Waals surface area contributed by atoms with Crippen molar-refractivity contribution >= 4 is 5.95 Å². The average molecular weight is 363 g/mol. The molecule has 0 atom stereocenters. The van der Waals surface area contributed by atoms with Crippen LogP contribution in [0.4, 0.5) is 5.95 Å². The van der Waals surface area contributed by atoms with Crippen molar-refractivity contribution in [1.29, 1.82) is 0 Å². The highest BCUT2D eigenvalue weighted by Crippen LogP contribution is 2.27. The molecule has 0 saturated heterocycles. The highest BCUT2D eigenvalue weighted by Gasteiger charge is 2.17. The van der Waals surface area contributed by atoms with Crippen molar-refractivity contribution in [1.82, 2.24) is 14.5 Å². The van der Waals surface area contributed by atoms with E-state index in [1.54, 1.807) is 7.05 Å². The fourth-order valence-corrected chi connectivity index (χ4v) is 3.18. The number of hydrazine groups is 1. The summed E-state index contributed by atoms with van der Waals surface area (Å²) < 4.78 is 1.49. The standard InChI is InChI=1S/C21H25N5O/c1-4-16-12-9-13-17(5-2)18(16)19-23-20(24-21(27)25(19)3)26(22)14-15-10-7-6-8-11-15/h6-13H,4-5,14,22H2,1-3H3. The zero-order valence-corrected chi connectivity index (χ0v) is 16.0. The van der Waals surface area contributed by atoms with Crippen LogP contribution >= 0.6 is 0 Å². The van der Waals surface area contributed by atoms with Crippen LogP contribution in [0.2, 0.25) is 0 Å². The van der Waals surface area contributed by atoms with Crippen LogP contribution in [0.15, 0.2) is 53.3 Å². The summed E-state index contributed by atoms with van der Waals surface area (Å²) in [6, 6.07) is 16.0. The summed E-state index contributed by atoms with van der Waals surface area (Å²) in [6.45, 7) is 4.62. The van der Waals surface area contributed by atoms with E-state index < -0.39 is 0 Å². The number of hydrogen-bond donors (Lipinski definition) is 1. The molecule has 0 aliphatic rings. The van der Waals surface area contributed by atoms with Gasteiger partial charge in [0.25, 0.3) is 0 Å². The number of hydrogen-bond acceptors (Lipinski definition) is 5. The Morgan fingerprint density at radius 3 is 2.19 bits per heavy atom. The van der Waals surface area contributed by atoms with Gasteiger partial charge in [-0.2, -0.15) is 9.97 Å². The van der Waals surface area contributed by atoms with E-state index in [-0.39, 0.29) is 11.6 Å². The van der Waals surface area contributed by atoms with Crippen LogP contribution in [0.1, 0.15) is 30.5 Å². The second kappa shape index (κ2) is 8.14. The highest BCUT2D eigenvalue weighted by molar-refractivity contribution is 5.66. The molecule has 0 amide bonds. The Balaban J connectivity index is 2.10. The molecule has 0 saturated carbocycles. The lowest BCUT2D eigenvalue weighted by Crippen LogP contribution is -2.36. The molecule has 0 bridgehead atoms. The summed E-state index contributed by atoms with van der Waals surface area (Å²) in [4.78, 5) is 21.3. The minimum absolute atomic E-state index is 0.227. The Morgan fingerprint density at radius 2 is 1.59 bits per heavy atom. The third-order valence-corrected chi connectivity index (χ3v) is 4.68. The molecular weight excluding hydrogens is 338 g/mol. The number of aryl methyl sites for hydroxylation is 2. The third-order valence-electron chi connectivity index (χ3n) is 4.68. The molecule has 0 unspecified atom stereocenters. The molecular formula is C21H25N5O. The van der Waals surface area contributed by atoms with Crippen LogP contribution in [-0.2, 0) is 26.4 Å². The summed E-state index contributed by atoms with van der Waals surface area (Å²) in [7, 11) is 1.70. The largest absolute Gasteiger partial charge is 0.352 e. The molecule has 0 aliphatic carbocycles. The predicted molar refractivity (Wildman–Crippen MR) is 108 cm³/mol. The minimum atomic E-state index is -0.369. The Bertz CT molecular complexity index is 959. The monoisotopic (exact) mass is 363 g/mol. The zero-order valence-electron chi connectivity index (χ0n) is 16.0. The van der Waals surface area contributed by atoms with E-state index in [0.29, 0.717) is 12.4 Å². The van der Waals surface area contributed by atoms with Gasteiger partial charge in [-0.3, -0.25) is 9.58 Å². The van der Waals surface area contributed by atoms with Gasteiger partial charge in [0.05, 0.1) is 6.54 Å². The van der Waals surface area contributed by atoms with Gasteiger partial charge in [0.2, 0.25) is 5.95 Å². The van der Waals surface area contributed by atoms with E-state index in [1.165, 1.54) is 9.58 Å². The summed E-state index contributed by atoms with van der Waals surface area (Å²) >= 11 is 0. The maximum atomic E-state index is 12.5. The molecule has 1 aromatic heterocycles. The highest BCUT2D eigenvalue weighted by atomic mass is 16.1. The number of nitrogens with two attached hydrogens (primary N) is 1. The normalized spacial score (nSPS) is 10.8. The molecule has 3 aromatic rings. The Morgan fingerprint density at radius 1 is 0.963 bits per heavy atom. The van der Waals surface area contributed by atoms with Crippen LogP contribution in [0.25, 0.3) is 11.4 Å². The molecule has 0 fully saturated rings. The first-order chi connectivity index (χ1) is 13.0. The Labute approximate surface area is 159 Å². The molecule has 140 valence electrons. The number of rotatable bonds is 6. The average Bonchev–Trinajstić information content (AvgIpc) is 2.70. The molecule has 3 rings (SSSR count). The van der Waals surface area contributed by atoms with Crippen molar-refractivity contribution in [2.75, 3.05) is 5.01 Å². The van der Waals surface area contributed by atoms with Gasteiger partial charge in [-0.05, 0) is 29.5 Å². The van der Waals surface area contributed by atoms with Gasteiger partial charge in [0.1, 0.15) is 5.82 Å². The SMILES string of the molecule is CCc1cccc(CC)c1-c1nc(N(N)Cc2ccccc2)nc(=O)n1C. The molecule has 0 radical (unpaired) electrons. The van der Waals surface area contributed by atoms with Gasteiger partial charge in [-0.1, -0.05) is 62.4 Å². The maximum Gasteiger partial charge on any atom is 0.352 e. The molecule has 1 heterocycles. The second-order valence-electron chi connectivity index (χ2n) is 6.46. The fourth-order valence-electron chi connectivity index (χ4n) is 3.18. The van der Waals surface area contributed by atoms with Crippen molar-refractivity contribution in [3.05, 3.63) is 75.7 Å². The van der Waals surface area contributed by atoms with E-state index in [2.05, 4.69) is 35.9 Å². The molecule has 0 spiro atoms. The van der Waals surface area contributed by atoms with Crippen molar-refractivity contribution < 1.29 is 0 Å². The maximum absolute atomic E-state index is 12.5. The quantitative estimate of drug-likeness (QED) is 0.538. The van der Waals surface area contributed by atoms with E-state index in [4.69, 9.17) is 5.84 Å². The minimum Gasteiger partial charge on any atom is -0.279 e. The van der Waals surface area contributed by atoms with Crippen LogP contribution < -0.4 is 16.5 Å². The number of benzene rings is 2. The molecule has 6 heteroatoms. The molecule has 6 nitrogen and oxygen atoms in total. The van der Waals surface area contributed by atoms with E-state index in [9.17, 15) is 4.79 Å². The molecule has 0 aliphatic heterocycles. The summed E-state index contributed by atoms with van der Waals surface area (Å²) in [6.07, 6.45) is 1.71. The van der Waals surface area contributed by atoms with E-state index in [1.807, 2.05) is 36.4 Å². The second-order valence-corrected chi connectivity index (χ2v) is 6.46. The summed E-state index contributed by atoms with van der Waals surface area (Å²) in [5, 5.41) is 1.42. The molecule has 2 aromatic carbocycles. The van der Waals surface area contributed by atoms with Crippen LogP contribution in [0.3, 0.4) is 0 Å². The van der Waals surface area contributed by atoms with Crippen molar-refractivity contribution in [2.24, 2.45) is 12.9 Å². The van der Waals surface area contributed by atoms with E-state index >= 15 is 0 Å². The topological polar surface area (TPSA) is 77.0 Å². The lowest BCUT2D eigenvalue weighted by molar-refractivity contribution is 0.734. The van der Waals surface area contributed by atoms with Gasteiger partial charge >= 0.3 is 5.69 Å². The first-order valence-corrected chi connectivity index (χ1v) is 9.17. The van der Waals surface area contributed by atoms with Crippen molar-refractivity contribution in [3.63, 3.8) is 0 Å². The van der Waals surface area contributed by atoms with Gasteiger partial charge < -0.3 is 0 Å². The summed E-state index contributed by atoms with van der Waals surface area (Å²) in [5.74, 6) is 7.02. The molecule has 2 N–H and O–H groups in total. The molecule has 27 heavy (non-hydrogen) atoms. The first-order valence-electron chi connectivity index (χ1n) is 9.17. The van der Waals surface area contributed by atoms with Gasteiger partial charge in [0, 0.05) is 12.6 Å². The fraction of sp³-hybridized carbons (Fsp3) is 0.286. The predicted octanol–water partition coefficient (Wildman–Crippen LogP) is 2.85. The number of aromatic nitrogens is 3. The van der Waals surface area contributed by atoms with Gasteiger partial charge in [-0.15, -0.1) is 0 Å². The Hall–Kier alpha value is -2.99. The third kappa shape index (κ3) is 3.90. The summed E-state index contributed by atoms with van der Waals surface area (Å²) in [5.41, 5.74) is 3.96. The lowest BCUT2D eigenvalue weighted by atomic mass is 9.97. The number of nitrogens with zero attached hydrogens (tertiary/aromatic N) is 4. The van der Waals surface area contributed by atoms with Crippen LogP contribution in [-0.4, -0.2) is 14.5 Å². The van der Waals surface area contributed by atoms with Crippen LogP contribution in [0, 0.1) is 0 Å². The Kier molecular flexibility index (Phi) is 5.66.